The molecule has 1 N–H and O–H groups in total. The predicted molar refractivity (Wildman–Crippen MR) is 99.1 cm³/mol. The molecule has 8 nitrogen and oxygen atoms in total. The van der Waals surface area contributed by atoms with Gasteiger partial charge in [-0.3, -0.25) is 14.4 Å². The number of benzene rings is 1. The van der Waals surface area contributed by atoms with Crippen molar-refractivity contribution in [3.63, 3.8) is 0 Å². The summed E-state index contributed by atoms with van der Waals surface area (Å²) in [7, 11) is 1.64. The maximum absolute atomic E-state index is 12.9. The molecule has 0 radical (unpaired) electrons. The van der Waals surface area contributed by atoms with E-state index in [1.165, 1.54) is 4.90 Å². The lowest BCUT2D eigenvalue weighted by Gasteiger charge is -2.25. The first-order valence-corrected chi connectivity index (χ1v) is 9.31. The molecular formula is C20H22N4O4. The summed E-state index contributed by atoms with van der Waals surface area (Å²) in [5.41, 5.74) is 1.92. The van der Waals surface area contributed by atoms with E-state index in [1.54, 1.807) is 43.1 Å². The monoisotopic (exact) mass is 382 g/mol. The lowest BCUT2D eigenvalue weighted by atomic mass is 10.0. The number of aryl methyl sites for hydroxylation is 1. The van der Waals surface area contributed by atoms with E-state index in [0.717, 1.165) is 12.8 Å². The fourth-order valence-corrected chi connectivity index (χ4v) is 3.55. The van der Waals surface area contributed by atoms with Crippen LogP contribution in [0.15, 0.2) is 34.9 Å². The second kappa shape index (κ2) is 7.10. The first-order valence-electron chi connectivity index (χ1n) is 9.31. The molecule has 0 bridgehead atoms. The van der Waals surface area contributed by atoms with Crippen LogP contribution in [0.5, 0.6) is 0 Å². The van der Waals surface area contributed by atoms with Crippen LogP contribution < -0.4 is 5.32 Å². The average Bonchev–Trinajstić information content (AvgIpc) is 3.37. The zero-order valence-electron chi connectivity index (χ0n) is 15.8. The summed E-state index contributed by atoms with van der Waals surface area (Å²) >= 11 is 0. The maximum Gasteiger partial charge on any atom is 0.255 e. The van der Waals surface area contributed by atoms with Crippen molar-refractivity contribution >= 4 is 17.7 Å². The van der Waals surface area contributed by atoms with Gasteiger partial charge in [0.1, 0.15) is 17.5 Å². The molecule has 1 aliphatic heterocycles. The Bertz CT molecular complexity index is 934. The van der Waals surface area contributed by atoms with Crippen LogP contribution in [0.3, 0.4) is 0 Å². The van der Waals surface area contributed by atoms with Crippen LogP contribution in [-0.2, 0) is 16.1 Å². The Balaban J connectivity index is 1.41. The van der Waals surface area contributed by atoms with Gasteiger partial charge < -0.3 is 19.6 Å². The molecule has 1 aliphatic carbocycles. The number of carbonyl (C=O) groups excluding carboxylic acids is 3. The molecule has 1 fully saturated rings. The molecule has 1 atom stereocenters. The minimum absolute atomic E-state index is 0.101. The largest absolute Gasteiger partial charge is 0.361 e. The minimum Gasteiger partial charge on any atom is -0.361 e. The SMILES string of the molecule is Cc1cc(CN(C)C(=O)CNC(=O)C2c3ccccc3C(=O)N2C2CC2)no1. The van der Waals surface area contributed by atoms with Crippen LogP contribution >= 0.6 is 0 Å². The van der Waals surface area contributed by atoms with Crippen molar-refractivity contribution < 1.29 is 18.9 Å². The van der Waals surface area contributed by atoms with Gasteiger partial charge in [0.05, 0.1) is 13.1 Å². The molecule has 2 aliphatic rings. The quantitative estimate of drug-likeness (QED) is 0.815. The highest BCUT2D eigenvalue weighted by atomic mass is 16.5. The number of amides is 3. The van der Waals surface area contributed by atoms with Crippen LogP contribution in [0.1, 0.15) is 46.3 Å². The molecule has 1 aromatic heterocycles. The van der Waals surface area contributed by atoms with E-state index in [-0.39, 0.29) is 30.3 Å². The lowest BCUT2D eigenvalue weighted by Crippen LogP contribution is -2.44. The van der Waals surface area contributed by atoms with Gasteiger partial charge in [0.25, 0.3) is 5.91 Å². The van der Waals surface area contributed by atoms with Crippen molar-refractivity contribution in [2.45, 2.75) is 38.4 Å². The number of fused-ring (bicyclic) bond motifs is 1. The first kappa shape index (κ1) is 18.2. The Morgan fingerprint density at radius 3 is 2.75 bits per heavy atom. The summed E-state index contributed by atoms with van der Waals surface area (Å²) < 4.78 is 5.00. The highest BCUT2D eigenvalue weighted by Crippen LogP contribution is 2.41. The highest BCUT2D eigenvalue weighted by molar-refractivity contribution is 6.05. The van der Waals surface area contributed by atoms with E-state index in [1.807, 2.05) is 6.07 Å². The highest BCUT2D eigenvalue weighted by Gasteiger charge is 2.47. The average molecular weight is 382 g/mol. The number of likely N-dealkylation sites (N-methyl/N-ethyl adjacent to an activating group) is 1. The van der Waals surface area contributed by atoms with Gasteiger partial charge in [-0.15, -0.1) is 0 Å². The third-order valence-corrected chi connectivity index (χ3v) is 5.10. The van der Waals surface area contributed by atoms with Gasteiger partial charge in [-0.25, -0.2) is 0 Å². The molecule has 2 aromatic rings. The zero-order valence-corrected chi connectivity index (χ0v) is 15.8. The fourth-order valence-electron chi connectivity index (χ4n) is 3.55. The van der Waals surface area contributed by atoms with E-state index in [2.05, 4.69) is 10.5 Å². The number of carbonyl (C=O) groups is 3. The lowest BCUT2D eigenvalue weighted by molar-refractivity contribution is -0.133. The van der Waals surface area contributed by atoms with Crippen LogP contribution in [0, 0.1) is 6.92 Å². The van der Waals surface area contributed by atoms with Gasteiger partial charge in [-0.05, 0) is 31.4 Å². The Kier molecular flexibility index (Phi) is 4.62. The van der Waals surface area contributed by atoms with Gasteiger partial charge >= 0.3 is 0 Å². The second-order valence-electron chi connectivity index (χ2n) is 7.33. The van der Waals surface area contributed by atoms with Crippen molar-refractivity contribution in [1.29, 1.82) is 0 Å². The summed E-state index contributed by atoms with van der Waals surface area (Å²) in [6.45, 7) is 1.94. The Labute approximate surface area is 162 Å². The molecule has 2 heterocycles. The number of nitrogens with zero attached hydrogens (tertiary/aromatic N) is 3. The van der Waals surface area contributed by atoms with Crippen molar-refractivity contribution in [3.8, 4) is 0 Å². The fraction of sp³-hybridized carbons (Fsp3) is 0.400. The summed E-state index contributed by atoms with van der Waals surface area (Å²) in [5, 5.41) is 6.57. The molecular weight excluding hydrogens is 360 g/mol. The van der Waals surface area contributed by atoms with E-state index in [0.29, 0.717) is 29.1 Å². The smallest absolute Gasteiger partial charge is 0.255 e. The molecule has 4 rings (SSSR count). The van der Waals surface area contributed by atoms with Crippen LogP contribution in [0.4, 0.5) is 0 Å². The Morgan fingerprint density at radius 2 is 2.07 bits per heavy atom. The van der Waals surface area contributed by atoms with E-state index in [4.69, 9.17) is 4.52 Å². The van der Waals surface area contributed by atoms with E-state index >= 15 is 0 Å². The second-order valence-corrected chi connectivity index (χ2v) is 7.33. The van der Waals surface area contributed by atoms with E-state index in [9.17, 15) is 14.4 Å². The van der Waals surface area contributed by atoms with Crippen LogP contribution in [0.25, 0.3) is 0 Å². The van der Waals surface area contributed by atoms with Crippen molar-refractivity contribution in [2.24, 2.45) is 0 Å². The van der Waals surface area contributed by atoms with Crippen molar-refractivity contribution in [3.05, 3.63) is 52.9 Å². The third kappa shape index (κ3) is 3.37. The topological polar surface area (TPSA) is 95.8 Å². The van der Waals surface area contributed by atoms with Gasteiger partial charge in [0.2, 0.25) is 11.8 Å². The Hall–Kier alpha value is -3.16. The van der Waals surface area contributed by atoms with Gasteiger partial charge in [-0.2, -0.15) is 0 Å². The summed E-state index contributed by atoms with van der Waals surface area (Å²) in [5.74, 6) is -0.00852. The number of rotatable bonds is 6. The summed E-state index contributed by atoms with van der Waals surface area (Å²) in [4.78, 5) is 41.1. The number of hydrogen-bond acceptors (Lipinski definition) is 5. The number of aromatic nitrogens is 1. The molecule has 0 spiro atoms. The zero-order chi connectivity index (χ0) is 19.8. The van der Waals surface area contributed by atoms with Crippen molar-refractivity contribution in [2.75, 3.05) is 13.6 Å². The Morgan fingerprint density at radius 1 is 1.32 bits per heavy atom. The van der Waals surface area contributed by atoms with Crippen molar-refractivity contribution in [1.82, 2.24) is 20.3 Å². The number of hydrogen-bond donors (Lipinski definition) is 1. The van der Waals surface area contributed by atoms with Crippen LogP contribution in [-0.4, -0.2) is 52.3 Å². The van der Waals surface area contributed by atoms with Gasteiger partial charge in [0, 0.05) is 24.7 Å². The minimum atomic E-state index is -0.674. The molecule has 1 aromatic carbocycles. The van der Waals surface area contributed by atoms with Crippen LogP contribution in [0.2, 0.25) is 0 Å². The van der Waals surface area contributed by atoms with Gasteiger partial charge in [0.15, 0.2) is 0 Å². The molecule has 1 unspecified atom stereocenters. The molecule has 3 amide bonds. The standard InChI is InChI=1S/C20H22N4O4/c1-12-9-13(22-28-12)11-23(2)17(25)10-21-19(26)18-15-5-3-4-6-16(15)20(27)24(18)14-7-8-14/h3-6,9,14,18H,7-8,10-11H2,1-2H3,(H,21,26). The normalized spacial score (nSPS) is 18.1. The predicted octanol–water partition coefficient (Wildman–Crippen LogP) is 1.42. The molecule has 8 heteroatoms. The van der Waals surface area contributed by atoms with E-state index < -0.39 is 6.04 Å². The molecule has 28 heavy (non-hydrogen) atoms. The third-order valence-electron chi connectivity index (χ3n) is 5.10. The van der Waals surface area contributed by atoms with Gasteiger partial charge in [-0.1, -0.05) is 23.4 Å². The number of nitrogens with one attached hydrogen (secondary N) is 1. The molecule has 1 saturated carbocycles. The molecule has 146 valence electrons. The molecule has 0 saturated heterocycles. The summed E-state index contributed by atoms with van der Waals surface area (Å²) in [6, 6.07) is 8.36. The first-order chi connectivity index (χ1) is 13.5. The maximum atomic E-state index is 12.9. The summed E-state index contributed by atoms with van der Waals surface area (Å²) in [6.07, 6.45) is 1.81.